The van der Waals surface area contributed by atoms with Crippen LogP contribution in [0, 0.1) is 18.8 Å². The lowest BCUT2D eigenvalue weighted by molar-refractivity contribution is -0.115. The van der Waals surface area contributed by atoms with Gasteiger partial charge in [0.05, 0.1) is 52.3 Å². The van der Waals surface area contributed by atoms with Gasteiger partial charge in [0.2, 0.25) is 12.8 Å². The van der Waals surface area contributed by atoms with Gasteiger partial charge < -0.3 is 60.4 Å². The Morgan fingerprint density at radius 1 is 0.757 bits per heavy atom. The van der Waals surface area contributed by atoms with Crippen molar-refractivity contribution in [2.75, 3.05) is 96.0 Å². The van der Waals surface area contributed by atoms with E-state index in [1.165, 1.54) is 0 Å². The number of aryl methyl sites for hydroxylation is 1. The number of nitrogens with one attached hydrogen (secondary N) is 6. The van der Waals surface area contributed by atoms with Crippen molar-refractivity contribution in [3.05, 3.63) is 137 Å². The number of allylic oxidation sites excluding steroid dienone is 1. The van der Waals surface area contributed by atoms with E-state index in [1.807, 2.05) is 119 Å². The molecular weight excluding hydrogens is 939 g/mol. The second-order valence-corrected chi connectivity index (χ2v) is 16.2. The number of aldehydes is 1. The van der Waals surface area contributed by atoms with Gasteiger partial charge in [-0.3, -0.25) is 19.3 Å². The smallest absolute Gasteiger partial charge is 0.296 e. The number of benzene rings is 4. The molecule has 16 heteroatoms. The molecule has 0 saturated carbocycles. The normalized spacial score (nSPS) is 10.9. The quantitative estimate of drug-likeness (QED) is 0.0120. The molecule has 402 valence electrons. The van der Waals surface area contributed by atoms with Crippen molar-refractivity contribution in [3.8, 4) is 11.8 Å². The lowest BCUT2D eigenvalue weighted by Crippen LogP contribution is -2.32. The maximum atomic E-state index is 11.8. The molecule has 0 spiro atoms. The maximum Gasteiger partial charge on any atom is 0.296 e. The fourth-order valence-corrected chi connectivity index (χ4v) is 6.79. The molecule has 6 N–H and O–H groups in total. The summed E-state index contributed by atoms with van der Waals surface area (Å²) < 4.78 is 22.0. The number of likely N-dealkylation sites (N-methyl/N-ethyl adjacent to an activating group) is 1. The predicted molar refractivity (Wildman–Crippen MR) is 299 cm³/mol. The lowest BCUT2D eigenvalue weighted by Gasteiger charge is -2.24. The Morgan fingerprint density at radius 3 is 1.93 bits per heavy atom. The highest BCUT2D eigenvalue weighted by atomic mass is 16.6. The first kappa shape index (κ1) is 65.0. The number of ether oxygens (including phenoxy) is 4. The number of rotatable bonds is 32. The van der Waals surface area contributed by atoms with E-state index in [0.29, 0.717) is 83.4 Å². The first-order valence-corrected chi connectivity index (χ1v) is 24.9. The van der Waals surface area contributed by atoms with Crippen LogP contribution in [0.5, 0.6) is 0 Å². The monoisotopic (exact) mass is 1020 g/mol. The zero-order chi connectivity index (χ0) is 54.6. The van der Waals surface area contributed by atoms with Crippen LogP contribution in [-0.2, 0) is 56.0 Å². The molecule has 0 radical (unpaired) electrons. The Labute approximate surface area is 440 Å². The number of anilines is 3. The Morgan fingerprint density at radius 2 is 1.36 bits per heavy atom. The number of amides is 3. The van der Waals surface area contributed by atoms with Crippen LogP contribution in [0.2, 0.25) is 0 Å². The van der Waals surface area contributed by atoms with E-state index in [2.05, 4.69) is 76.3 Å². The Bertz CT molecular complexity index is 2280. The molecule has 74 heavy (non-hydrogen) atoms. The van der Waals surface area contributed by atoms with Crippen molar-refractivity contribution in [2.45, 2.75) is 73.0 Å². The predicted octanol–water partition coefficient (Wildman–Crippen LogP) is 7.84. The fraction of sp³-hybridized carbons (Fsp3) is 0.397. The molecule has 3 amide bonds. The van der Waals surface area contributed by atoms with Crippen LogP contribution in [-0.4, -0.2) is 123 Å². The summed E-state index contributed by atoms with van der Waals surface area (Å²) in [7, 11) is 3.76. The number of nitrogens with zero attached hydrogens (tertiary/aromatic N) is 1. The molecule has 0 aromatic heterocycles. The molecule has 4 aromatic carbocycles. The Kier molecular flexibility index (Phi) is 37.4. The van der Waals surface area contributed by atoms with Crippen molar-refractivity contribution in [1.82, 2.24) is 20.9 Å². The van der Waals surface area contributed by atoms with Crippen molar-refractivity contribution < 1.29 is 42.9 Å². The van der Waals surface area contributed by atoms with Crippen LogP contribution in [0.4, 0.5) is 17.1 Å². The largest absolute Gasteiger partial charge is 0.394 e. The van der Waals surface area contributed by atoms with Crippen LogP contribution in [0.3, 0.4) is 0 Å². The average Bonchev–Trinajstić information content (AvgIpc) is 3.42. The fourth-order valence-electron chi connectivity index (χ4n) is 6.79. The minimum atomic E-state index is -0.349. The third-order valence-corrected chi connectivity index (χ3v) is 10.7. The SMILES string of the molecule is C=CNC.C=O.CCCC(C=O)N(C)Cc1cc(NC=O)ccc1C.CCCOCCOCCOCCOCCNCc1ccc(N/C(=C(\C)c2ccc(C#CC(=O)NCC)cc2NC=O)c2ccccc2)cc1. The second kappa shape index (κ2) is 42.5. The van der Waals surface area contributed by atoms with Crippen LogP contribution in [0.15, 0.2) is 104 Å². The molecule has 0 saturated heterocycles. The molecule has 1 unspecified atom stereocenters. The van der Waals surface area contributed by atoms with E-state index in [0.717, 1.165) is 95.7 Å². The first-order chi connectivity index (χ1) is 36.1. The zero-order valence-electron chi connectivity index (χ0n) is 44.7. The van der Waals surface area contributed by atoms with E-state index < -0.39 is 0 Å². The molecule has 0 bridgehead atoms. The molecule has 0 aliphatic heterocycles. The van der Waals surface area contributed by atoms with E-state index in [9.17, 15) is 19.2 Å². The van der Waals surface area contributed by atoms with Gasteiger partial charge in [-0.1, -0.05) is 87.4 Å². The van der Waals surface area contributed by atoms with E-state index in [1.54, 1.807) is 12.3 Å². The third kappa shape index (κ3) is 27.7. The highest BCUT2D eigenvalue weighted by Crippen LogP contribution is 2.32. The van der Waals surface area contributed by atoms with Crippen molar-refractivity contribution in [3.63, 3.8) is 0 Å². The maximum absolute atomic E-state index is 11.8. The first-order valence-electron chi connectivity index (χ1n) is 24.9. The standard InChI is InChI=1S/C39H50N4O6.C15H22N2O2.C3H7N.CH2O/c1-4-20-46-22-24-48-26-27-49-25-23-47-21-19-40-29-33-11-15-35(16-12-33)43-39(34-9-7-6-8-10-34)31(3)36-17-13-32(28-37(36)42-30-44)14-18-38(45)41-5-2;1-4-5-15(10-18)17(3)9-13-8-14(16-11-19)7-6-12(13)2;1-3-4-2;1-2/h6-13,15-17,28,30,40,43H,4-5,19-27,29H2,1-3H3,(H,41,45)(H,42,44);6-8,10-11,15H,4-5,9H2,1-3H3,(H,16,19);3-4H,1H2,2H3;1H2/b39-31+;;;. The van der Waals surface area contributed by atoms with E-state index in [-0.39, 0.29) is 11.9 Å². The van der Waals surface area contributed by atoms with Crippen LogP contribution < -0.4 is 31.9 Å². The summed E-state index contributed by atoms with van der Waals surface area (Å²) in [5.74, 6) is 5.10. The summed E-state index contributed by atoms with van der Waals surface area (Å²) in [6.45, 7) is 22.8. The van der Waals surface area contributed by atoms with Gasteiger partial charge in [0.15, 0.2) is 0 Å². The van der Waals surface area contributed by atoms with Crippen LogP contribution in [0.25, 0.3) is 11.3 Å². The van der Waals surface area contributed by atoms with Crippen molar-refractivity contribution in [1.29, 1.82) is 0 Å². The number of carbonyl (C=O) groups is 5. The molecule has 0 fully saturated rings. The summed E-state index contributed by atoms with van der Waals surface area (Å²) in [4.78, 5) is 54.9. The van der Waals surface area contributed by atoms with E-state index in [4.69, 9.17) is 23.7 Å². The van der Waals surface area contributed by atoms with Gasteiger partial charge in [-0.15, -0.1) is 0 Å². The Hall–Kier alpha value is -6.97. The molecule has 16 nitrogen and oxygen atoms in total. The molecule has 0 aliphatic carbocycles. The van der Waals surface area contributed by atoms with Gasteiger partial charge in [0.25, 0.3) is 5.91 Å². The number of hydrogen-bond acceptors (Lipinski definition) is 13. The number of hydrogen-bond donors (Lipinski definition) is 6. The summed E-state index contributed by atoms with van der Waals surface area (Å²) in [6, 6.07) is 29.6. The average molecular weight is 1020 g/mol. The van der Waals surface area contributed by atoms with Gasteiger partial charge in [0.1, 0.15) is 13.1 Å². The number of carbonyl (C=O) groups excluding carboxylic acids is 5. The van der Waals surface area contributed by atoms with Gasteiger partial charge in [-0.25, -0.2) is 0 Å². The molecular formula is C58H81N7O9. The summed E-state index contributed by atoms with van der Waals surface area (Å²) in [6.07, 6.45) is 6.81. The van der Waals surface area contributed by atoms with Crippen molar-refractivity contribution in [2.24, 2.45) is 0 Å². The zero-order valence-corrected chi connectivity index (χ0v) is 44.7. The van der Waals surface area contributed by atoms with Crippen molar-refractivity contribution >= 4 is 60.1 Å². The minimum Gasteiger partial charge on any atom is -0.394 e. The van der Waals surface area contributed by atoms with Gasteiger partial charge >= 0.3 is 0 Å². The second-order valence-electron chi connectivity index (χ2n) is 16.2. The molecule has 0 aliphatic rings. The molecule has 4 rings (SSSR count). The van der Waals surface area contributed by atoms with Gasteiger partial charge in [-0.2, -0.15) is 0 Å². The third-order valence-electron chi connectivity index (χ3n) is 10.7. The highest BCUT2D eigenvalue weighted by molar-refractivity contribution is 5.99. The molecule has 1 atom stereocenters. The highest BCUT2D eigenvalue weighted by Gasteiger charge is 2.15. The van der Waals surface area contributed by atoms with Gasteiger partial charge in [0, 0.05) is 79.6 Å². The Balaban J connectivity index is 0.000000904. The lowest BCUT2D eigenvalue weighted by atomic mass is 9.97. The van der Waals surface area contributed by atoms with E-state index >= 15 is 0 Å². The summed E-state index contributed by atoms with van der Waals surface area (Å²) in [5, 5.41) is 17.8. The van der Waals surface area contributed by atoms with Crippen LogP contribution in [0.1, 0.15) is 80.3 Å². The summed E-state index contributed by atoms with van der Waals surface area (Å²) >= 11 is 0. The topological polar surface area (TPSA) is 198 Å². The summed E-state index contributed by atoms with van der Waals surface area (Å²) in [5.41, 5.74) is 9.99. The molecule has 0 heterocycles. The minimum absolute atomic E-state index is 0.0490. The van der Waals surface area contributed by atoms with Crippen LogP contribution >= 0.6 is 0 Å². The van der Waals surface area contributed by atoms with Gasteiger partial charge in [-0.05, 0) is 111 Å². The molecule has 4 aromatic rings.